The number of imidazole rings is 1. The minimum absolute atomic E-state index is 0.0276. The third-order valence-corrected chi connectivity index (χ3v) is 3.45. The van der Waals surface area contributed by atoms with Crippen LogP contribution in [0.25, 0.3) is 0 Å². The number of para-hydroxylation sites is 1. The number of aryl methyl sites for hydroxylation is 1. The van der Waals surface area contributed by atoms with Gasteiger partial charge in [-0.2, -0.15) is 0 Å². The lowest BCUT2D eigenvalue weighted by molar-refractivity contribution is -0.136. The SMILES string of the molecule is Cc1c(CC(=O)O)nc(CCCOc2ccccc2)n1C. The van der Waals surface area contributed by atoms with E-state index >= 15 is 0 Å². The van der Waals surface area contributed by atoms with Crippen LogP contribution in [0.4, 0.5) is 0 Å². The molecule has 21 heavy (non-hydrogen) atoms. The fourth-order valence-electron chi connectivity index (χ4n) is 2.17. The molecule has 2 rings (SSSR count). The molecule has 1 aromatic carbocycles. The summed E-state index contributed by atoms with van der Waals surface area (Å²) in [5.41, 5.74) is 1.56. The highest BCUT2D eigenvalue weighted by atomic mass is 16.5. The third kappa shape index (κ3) is 4.08. The quantitative estimate of drug-likeness (QED) is 0.794. The van der Waals surface area contributed by atoms with Crippen LogP contribution in [-0.2, 0) is 24.7 Å². The van der Waals surface area contributed by atoms with Crippen molar-refractivity contribution in [1.29, 1.82) is 0 Å². The van der Waals surface area contributed by atoms with Crippen LogP contribution in [0.15, 0.2) is 30.3 Å². The van der Waals surface area contributed by atoms with Gasteiger partial charge < -0.3 is 14.4 Å². The first-order chi connectivity index (χ1) is 10.1. The minimum Gasteiger partial charge on any atom is -0.494 e. The Kier molecular flexibility index (Phi) is 4.98. The van der Waals surface area contributed by atoms with E-state index in [-0.39, 0.29) is 6.42 Å². The Morgan fingerprint density at radius 2 is 2.05 bits per heavy atom. The summed E-state index contributed by atoms with van der Waals surface area (Å²) < 4.78 is 7.60. The second-order valence-corrected chi connectivity index (χ2v) is 4.95. The van der Waals surface area contributed by atoms with Crippen LogP contribution < -0.4 is 4.74 Å². The summed E-state index contributed by atoms with van der Waals surface area (Å²) in [6.45, 7) is 2.51. The Labute approximate surface area is 124 Å². The number of nitrogens with zero attached hydrogens (tertiary/aromatic N) is 2. The number of benzene rings is 1. The Balaban J connectivity index is 1.87. The highest BCUT2D eigenvalue weighted by Gasteiger charge is 2.13. The van der Waals surface area contributed by atoms with Gasteiger partial charge in [-0.1, -0.05) is 18.2 Å². The topological polar surface area (TPSA) is 64.3 Å². The van der Waals surface area contributed by atoms with Crippen LogP contribution >= 0.6 is 0 Å². The van der Waals surface area contributed by atoms with Crippen LogP contribution in [0, 0.1) is 6.92 Å². The highest BCUT2D eigenvalue weighted by molar-refractivity contribution is 5.69. The van der Waals surface area contributed by atoms with Crippen molar-refractivity contribution in [2.45, 2.75) is 26.2 Å². The number of carbonyl (C=O) groups is 1. The summed E-state index contributed by atoms with van der Waals surface area (Å²) in [6, 6.07) is 9.69. The van der Waals surface area contributed by atoms with Crippen LogP contribution in [0.2, 0.25) is 0 Å². The maximum Gasteiger partial charge on any atom is 0.309 e. The minimum atomic E-state index is -0.852. The van der Waals surface area contributed by atoms with Crippen molar-refractivity contribution in [3.63, 3.8) is 0 Å². The van der Waals surface area contributed by atoms with E-state index in [0.29, 0.717) is 12.3 Å². The number of rotatable bonds is 7. The first-order valence-electron chi connectivity index (χ1n) is 6.98. The van der Waals surface area contributed by atoms with Crippen molar-refractivity contribution < 1.29 is 14.6 Å². The molecule has 0 saturated carbocycles. The molecule has 0 aliphatic carbocycles. The molecule has 0 amide bonds. The molecule has 0 spiro atoms. The lowest BCUT2D eigenvalue weighted by Gasteiger charge is -2.06. The molecule has 0 bridgehead atoms. The van der Waals surface area contributed by atoms with Gasteiger partial charge in [0.25, 0.3) is 0 Å². The molecule has 1 N–H and O–H groups in total. The molecule has 0 aliphatic rings. The van der Waals surface area contributed by atoms with E-state index in [1.54, 1.807) is 0 Å². The van der Waals surface area contributed by atoms with Gasteiger partial charge in [0.1, 0.15) is 11.6 Å². The normalized spacial score (nSPS) is 10.6. The highest BCUT2D eigenvalue weighted by Crippen LogP contribution is 2.13. The molecule has 112 valence electrons. The monoisotopic (exact) mass is 288 g/mol. The summed E-state index contributed by atoms with van der Waals surface area (Å²) >= 11 is 0. The molecule has 5 heteroatoms. The molecule has 2 aromatic rings. The zero-order chi connectivity index (χ0) is 15.2. The van der Waals surface area contributed by atoms with E-state index in [0.717, 1.165) is 30.1 Å². The van der Waals surface area contributed by atoms with Gasteiger partial charge in [0.05, 0.1) is 18.7 Å². The Morgan fingerprint density at radius 1 is 1.33 bits per heavy atom. The van der Waals surface area contributed by atoms with E-state index in [4.69, 9.17) is 9.84 Å². The molecule has 1 aromatic heterocycles. The molecule has 0 radical (unpaired) electrons. The summed E-state index contributed by atoms with van der Waals surface area (Å²) in [6.07, 6.45) is 1.58. The van der Waals surface area contributed by atoms with Crippen molar-refractivity contribution in [2.24, 2.45) is 7.05 Å². The van der Waals surface area contributed by atoms with E-state index in [1.807, 2.05) is 48.9 Å². The number of carboxylic acids is 1. The van der Waals surface area contributed by atoms with E-state index in [2.05, 4.69) is 4.98 Å². The average molecular weight is 288 g/mol. The Hall–Kier alpha value is -2.30. The molecule has 0 atom stereocenters. The van der Waals surface area contributed by atoms with Crippen LogP contribution in [0.1, 0.15) is 23.6 Å². The third-order valence-electron chi connectivity index (χ3n) is 3.45. The fraction of sp³-hybridized carbons (Fsp3) is 0.375. The largest absolute Gasteiger partial charge is 0.494 e. The van der Waals surface area contributed by atoms with Crippen LogP contribution in [-0.4, -0.2) is 27.2 Å². The van der Waals surface area contributed by atoms with Gasteiger partial charge in [0, 0.05) is 19.2 Å². The molecule has 0 saturated heterocycles. The predicted molar refractivity (Wildman–Crippen MR) is 79.5 cm³/mol. The molecule has 0 unspecified atom stereocenters. The number of carboxylic acid groups (broad SMARTS) is 1. The smallest absolute Gasteiger partial charge is 0.309 e. The van der Waals surface area contributed by atoms with E-state index in [1.165, 1.54) is 0 Å². The maximum atomic E-state index is 10.8. The Morgan fingerprint density at radius 3 is 2.71 bits per heavy atom. The molecular formula is C16H20N2O3. The van der Waals surface area contributed by atoms with Crippen molar-refractivity contribution in [1.82, 2.24) is 9.55 Å². The maximum absolute atomic E-state index is 10.8. The molecule has 0 aliphatic heterocycles. The second kappa shape index (κ2) is 6.92. The number of hydrogen-bond acceptors (Lipinski definition) is 3. The number of aliphatic carboxylic acids is 1. The first kappa shape index (κ1) is 15.1. The predicted octanol–water partition coefficient (Wildman–Crippen LogP) is 2.37. The van der Waals surface area contributed by atoms with Gasteiger partial charge in [-0.25, -0.2) is 4.98 Å². The second-order valence-electron chi connectivity index (χ2n) is 4.95. The van der Waals surface area contributed by atoms with Gasteiger partial charge in [0.15, 0.2) is 0 Å². The van der Waals surface area contributed by atoms with E-state index < -0.39 is 5.97 Å². The van der Waals surface area contributed by atoms with Gasteiger partial charge in [-0.15, -0.1) is 0 Å². The van der Waals surface area contributed by atoms with Crippen molar-refractivity contribution >= 4 is 5.97 Å². The standard InChI is InChI=1S/C16H20N2O3/c1-12-14(11-16(19)20)17-15(18(12)2)9-6-10-21-13-7-4-3-5-8-13/h3-5,7-8H,6,9-11H2,1-2H3,(H,19,20). The van der Waals surface area contributed by atoms with Crippen LogP contribution in [0.3, 0.4) is 0 Å². The lowest BCUT2D eigenvalue weighted by Crippen LogP contribution is -2.04. The summed E-state index contributed by atoms with van der Waals surface area (Å²) in [7, 11) is 1.92. The molecule has 0 fully saturated rings. The van der Waals surface area contributed by atoms with Crippen molar-refractivity contribution in [3.05, 3.63) is 47.5 Å². The van der Waals surface area contributed by atoms with E-state index in [9.17, 15) is 4.79 Å². The number of hydrogen-bond donors (Lipinski definition) is 1. The van der Waals surface area contributed by atoms with Gasteiger partial charge in [0.2, 0.25) is 0 Å². The van der Waals surface area contributed by atoms with Crippen LogP contribution in [0.5, 0.6) is 5.75 Å². The fourth-order valence-corrected chi connectivity index (χ4v) is 2.17. The first-order valence-corrected chi connectivity index (χ1v) is 6.98. The number of aromatic nitrogens is 2. The zero-order valence-corrected chi connectivity index (χ0v) is 12.4. The molecule has 5 nitrogen and oxygen atoms in total. The van der Waals surface area contributed by atoms with Gasteiger partial charge in [-0.05, 0) is 25.5 Å². The molecular weight excluding hydrogens is 268 g/mol. The molecule has 1 heterocycles. The summed E-state index contributed by atoms with van der Waals surface area (Å²) in [4.78, 5) is 15.2. The Bertz CT molecular complexity index is 605. The van der Waals surface area contributed by atoms with Gasteiger partial charge >= 0.3 is 5.97 Å². The van der Waals surface area contributed by atoms with Crippen molar-refractivity contribution in [2.75, 3.05) is 6.61 Å². The van der Waals surface area contributed by atoms with Crippen molar-refractivity contribution in [3.8, 4) is 5.75 Å². The van der Waals surface area contributed by atoms with Gasteiger partial charge in [-0.3, -0.25) is 4.79 Å². The summed E-state index contributed by atoms with van der Waals surface area (Å²) in [5, 5.41) is 8.86. The lowest BCUT2D eigenvalue weighted by atomic mass is 10.2. The number of ether oxygens (including phenoxy) is 1. The average Bonchev–Trinajstić information content (AvgIpc) is 2.72. The zero-order valence-electron chi connectivity index (χ0n) is 12.4. The summed E-state index contributed by atoms with van der Waals surface area (Å²) in [5.74, 6) is 0.913.